The lowest BCUT2D eigenvalue weighted by atomic mass is 9.98. The SMILES string of the molecule is Cc1noc([C@H]2CCCN(C(=O)NCc3ccc(OCC(C)C)cc3)C2)n1. The maximum atomic E-state index is 12.5. The molecule has 2 amide bonds. The Balaban J connectivity index is 1.48. The number of likely N-dealkylation sites (tertiary alicyclic amines) is 1. The maximum Gasteiger partial charge on any atom is 0.317 e. The first-order chi connectivity index (χ1) is 13.0. The van der Waals surface area contributed by atoms with E-state index in [1.165, 1.54) is 0 Å². The van der Waals surface area contributed by atoms with Crippen molar-refractivity contribution in [2.24, 2.45) is 5.92 Å². The second-order valence-corrected chi connectivity index (χ2v) is 7.47. The van der Waals surface area contributed by atoms with Crippen molar-refractivity contribution in [1.82, 2.24) is 20.4 Å². The van der Waals surface area contributed by atoms with Crippen LogP contribution in [0.2, 0.25) is 0 Å². The number of carbonyl (C=O) groups is 1. The molecule has 0 aliphatic carbocycles. The summed E-state index contributed by atoms with van der Waals surface area (Å²) in [6, 6.07) is 7.79. The van der Waals surface area contributed by atoms with Crippen LogP contribution in [-0.4, -0.2) is 40.8 Å². The highest BCUT2D eigenvalue weighted by Gasteiger charge is 2.28. The number of piperidine rings is 1. The van der Waals surface area contributed by atoms with Crippen LogP contribution in [0.4, 0.5) is 4.79 Å². The van der Waals surface area contributed by atoms with Gasteiger partial charge in [-0.1, -0.05) is 31.1 Å². The number of nitrogens with zero attached hydrogens (tertiary/aromatic N) is 3. The van der Waals surface area contributed by atoms with Gasteiger partial charge in [-0.25, -0.2) is 4.79 Å². The molecule has 0 radical (unpaired) electrons. The highest BCUT2D eigenvalue weighted by molar-refractivity contribution is 5.74. The standard InChI is InChI=1S/C20H28N4O3/c1-14(2)13-26-18-8-6-16(7-9-18)11-21-20(25)24-10-4-5-17(12-24)19-22-15(3)23-27-19/h6-9,14,17H,4-5,10-13H2,1-3H3,(H,21,25)/t17-/m0/s1. The van der Waals surface area contributed by atoms with Crippen molar-refractivity contribution in [1.29, 1.82) is 0 Å². The van der Waals surface area contributed by atoms with Crippen LogP contribution in [0.15, 0.2) is 28.8 Å². The minimum Gasteiger partial charge on any atom is -0.493 e. The Bertz CT molecular complexity index is 742. The van der Waals surface area contributed by atoms with Crippen molar-refractivity contribution in [3.05, 3.63) is 41.5 Å². The molecule has 1 saturated heterocycles. The third-order valence-corrected chi connectivity index (χ3v) is 4.55. The topological polar surface area (TPSA) is 80.5 Å². The van der Waals surface area contributed by atoms with E-state index in [2.05, 4.69) is 29.3 Å². The minimum absolute atomic E-state index is 0.0592. The van der Waals surface area contributed by atoms with E-state index < -0.39 is 0 Å². The number of ether oxygens (including phenoxy) is 1. The van der Waals surface area contributed by atoms with Gasteiger partial charge in [0.2, 0.25) is 5.89 Å². The van der Waals surface area contributed by atoms with Crippen molar-refractivity contribution in [2.75, 3.05) is 19.7 Å². The quantitative estimate of drug-likeness (QED) is 0.839. The summed E-state index contributed by atoms with van der Waals surface area (Å²) in [5, 5.41) is 6.85. The number of amides is 2. The molecule has 0 bridgehead atoms. The van der Waals surface area contributed by atoms with Gasteiger partial charge < -0.3 is 19.5 Å². The highest BCUT2D eigenvalue weighted by atomic mass is 16.5. The van der Waals surface area contributed by atoms with E-state index in [-0.39, 0.29) is 11.9 Å². The lowest BCUT2D eigenvalue weighted by Crippen LogP contribution is -2.44. The molecule has 2 aromatic rings. The van der Waals surface area contributed by atoms with Crippen LogP contribution in [0.25, 0.3) is 0 Å². The van der Waals surface area contributed by atoms with Gasteiger partial charge in [-0.05, 0) is 43.4 Å². The molecule has 0 unspecified atom stereocenters. The van der Waals surface area contributed by atoms with Crippen LogP contribution in [-0.2, 0) is 6.54 Å². The van der Waals surface area contributed by atoms with Gasteiger partial charge in [0.25, 0.3) is 0 Å². The Kier molecular flexibility index (Phi) is 6.32. The largest absolute Gasteiger partial charge is 0.493 e. The number of hydrogen-bond donors (Lipinski definition) is 1. The number of rotatable bonds is 6. The first-order valence-electron chi connectivity index (χ1n) is 9.56. The zero-order chi connectivity index (χ0) is 19.2. The average molecular weight is 372 g/mol. The Morgan fingerprint density at radius 1 is 1.37 bits per heavy atom. The van der Waals surface area contributed by atoms with Gasteiger partial charge in [-0.2, -0.15) is 4.98 Å². The van der Waals surface area contributed by atoms with Crippen LogP contribution in [0.1, 0.15) is 49.9 Å². The molecule has 1 aliphatic rings. The van der Waals surface area contributed by atoms with Crippen LogP contribution < -0.4 is 10.1 Å². The second-order valence-electron chi connectivity index (χ2n) is 7.47. The highest BCUT2D eigenvalue weighted by Crippen LogP contribution is 2.25. The Labute approximate surface area is 160 Å². The maximum absolute atomic E-state index is 12.5. The molecule has 1 N–H and O–H groups in total. The molecule has 0 spiro atoms. The smallest absolute Gasteiger partial charge is 0.317 e. The molecule has 1 aromatic heterocycles. The summed E-state index contributed by atoms with van der Waals surface area (Å²) < 4.78 is 11.0. The predicted molar refractivity (Wildman–Crippen MR) is 102 cm³/mol. The van der Waals surface area contributed by atoms with E-state index in [4.69, 9.17) is 9.26 Å². The fourth-order valence-electron chi connectivity index (χ4n) is 3.10. The van der Waals surface area contributed by atoms with Crippen LogP contribution in [0.5, 0.6) is 5.75 Å². The molecule has 0 saturated carbocycles. The zero-order valence-corrected chi connectivity index (χ0v) is 16.3. The number of nitrogens with one attached hydrogen (secondary N) is 1. The van der Waals surface area contributed by atoms with Crippen LogP contribution >= 0.6 is 0 Å². The van der Waals surface area contributed by atoms with Gasteiger partial charge in [0.15, 0.2) is 5.82 Å². The molecule has 7 heteroatoms. The van der Waals surface area contributed by atoms with Gasteiger partial charge in [-0.15, -0.1) is 0 Å². The Hall–Kier alpha value is -2.57. The van der Waals surface area contributed by atoms with Gasteiger partial charge in [0, 0.05) is 19.6 Å². The van der Waals surface area contributed by atoms with Gasteiger partial charge in [0.1, 0.15) is 5.75 Å². The lowest BCUT2D eigenvalue weighted by molar-refractivity contribution is 0.171. The fraction of sp³-hybridized carbons (Fsp3) is 0.550. The predicted octanol–water partition coefficient (Wildman–Crippen LogP) is 3.50. The van der Waals surface area contributed by atoms with Crippen molar-refractivity contribution < 1.29 is 14.1 Å². The van der Waals surface area contributed by atoms with Crippen LogP contribution in [0, 0.1) is 12.8 Å². The average Bonchev–Trinajstić information content (AvgIpc) is 3.12. The number of hydrogen-bond acceptors (Lipinski definition) is 5. The summed E-state index contributed by atoms with van der Waals surface area (Å²) in [5.74, 6) is 2.72. The molecule has 2 heterocycles. The fourth-order valence-corrected chi connectivity index (χ4v) is 3.10. The molecule has 1 aromatic carbocycles. The summed E-state index contributed by atoms with van der Waals surface area (Å²) in [4.78, 5) is 18.7. The number of benzene rings is 1. The molecule has 1 aliphatic heterocycles. The second kappa shape index (κ2) is 8.88. The Morgan fingerprint density at radius 3 is 2.81 bits per heavy atom. The lowest BCUT2D eigenvalue weighted by Gasteiger charge is -2.31. The van der Waals surface area contributed by atoms with Gasteiger partial charge in [0.05, 0.1) is 12.5 Å². The summed E-state index contributed by atoms with van der Waals surface area (Å²) in [6.45, 7) is 8.59. The van der Waals surface area contributed by atoms with Crippen molar-refractivity contribution >= 4 is 6.03 Å². The number of aromatic nitrogens is 2. The molecule has 27 heavy (non-hydrogen) atoms. The summed E-state index contributed by atoms with van der Waals surface area (Å²) >= 11 is 0. The van der Waals surface area contributed by atoms with E-state index in [1.54, 1.807) is 6.92 Å². The molecule has 3 rings (SSSR count). The van der Waals surface area contributed by atoms with Crippen LogP contribution in [0.3, 0.4) is 0 Å². The first kappa shape index (κ1) is 19.2. The molecular weight excluding hydrogens is 344 g/mol. The number of carbonyl (C=O) groups excluding carboxylic acids is 1. The summed E-state index contributed by atoms with van der Waals surface area (Å²) in [6.07, 6.45) is 1.89. The van der Waals surface area contributed by atoms with E-state index in [0.717, 1.165) is 30.7 Å². The van der Waals surface area contributed by atoms with E-state index in [9.17, 15) is 4.79 Å². The normalized spacial score (nSPS) is 17.2. The molecule has 1 fully saturated rings. The summed E-state index contributed by atoms with van der Waals surface area (Å²) in [7, 11) is 0. The molecular formula is C20H28N4O3. The third kappa shape index (κ3) is 5.45. The van der Waals surface area contributed by atoms with Gasteiger partial charge >= 0.3 is 6.03 Å². The monoisotopic (exact) mass is 372 g/mol. The third-order valence-electron chi connectivity index (χ3n) is 4.55. The van der Waals surface area contributed by atoms with E-state index >= 15 is 0 Å². The van der Waals surface area contributed by atoms with E-state index in [1.807, 2.05) is 29.2 Å². The van der Waals surface area contributed by atoms with E-state index in [0.29, 0.717) is 37.3 Å². The minimum atomic E-state index is -0.0592. The first-order valence-corrected chi connectivity index (χ1v) is 9.56. The molecule has 1 atom stereocenters. The zero-order valence-electron chi connectivity index (χ0n) is 16.3. The van der Waals surface area contributed by atoms with Gasteiger partial charge in [-0.3, -0.25) is 0 Å². The van der Waals surface area contributed by atoms with Crippen molar-refractivity contribution in [2.45, 2.75) is 46.1 Å². The number of aryl methyl sites for hydroxylation is 1. The number of urea groups is 1. The van der Waals surface area contributed by atoms with Crippen molar-refractivity contribution in [3.8, 4) is 5.75 Å². The molecule has 7 nitrogen and oxygen atoms in total. The van der Waals surface area contributed by atoms with Crippen molar-refractivity contribution in [3.63, 3.8) is 0 Å². The molecule has 146 valence electrons. The summed E-state index contributed by atoms with van der Waals surface area (Å²) in [5.41, 5.74) is 1.04. The Morgan fingerprint density at radius 2 is 2.15 bits per heavy atom.